The lowest BCUT2D eigenvalue weighted by Gasteiger charge is -2.15. The summed E-state index contributed by atoms with van der Waals surface area (Å²) in [6, 6.07) is 21.4. The van der Waals surface area contributed by atoms with Crippen LogP contribution in [0.15, 0.2) is 85.2 Å². The number of halogens is 1. The largest absolute Gasteiger partial charge is 0.346 e. The van der Waals surface area contributed by atoms with Crippen molar-refractivity contribution in [2.75, 3.05) is 5.32 Å². The highest BCUT2D eigenvalue weighted by Crippen LogP contribution is 2.21. The highest BCUT2D eigenvalue weighted by atomic mass is 19.1. The minimum Gasteiger partial charge on any atom is -0.346 e. The van der Waals surface area contributed by atoms with Gasteiger partial charge in [0.1, 0.15) is 5.82 Å². The molecule has 160 valence electrons. The number of hydrogen-bond donors (Lipinski definition) is 2. The van der Waals surface area contributed by atoms with Gasteiger partial charge in [0.25, 0.3) is 5.91 Å². The minimum atomic E-state index is -0.304. The van der Waals surface area contributed by atoms with Crippen molar-refractivity contribution in [2.45, 2.75) is 19.9 Å². The Morgan fingerprint density at radius 2 is 1.59 bits per heavy atom. The Kier molecular flexibility index (Phi) is 6.22. The average Bonchev–Trinajstić information content (AvgIpc) is 2.80. The molecule has 0 fully saturated rings. The molecule has 1 heterocycles. The van der Waals surface area contributed by atoms with Gasteiger partial charge in [-0.3, -0.25) is 4.79 Å². The highest BCUT2D eigenvalue weighted by molar-refractivity contribution is 5.94. The predicted molar refractivity (Wildman–Crippen MR) is 124 cm³/mol. The van der Waals surface area contributed by atoms with Crippen LogP contribution in [0.4, 0.5) is 16.0 Å². The summed E-state index contributed by atoms with van der Waals surface area (Å²) in [6.45, 7) is 4.00. The molecule has 3 aromatic carbocycles. The highest BCUT2D eigenvalue weighted by Gasteiger charge is 2.11. The lowest BCUT2D eigenvalue weighted by molar-refractivity contribution is 0.0940. The van der Waals surface area contributed by atoms with Crippen molar-refractivity contribution in [1.82, 2.24) is 15.3 Å². The Bertz CT molecular complexity index is 1210. The monoisotopic (exact) mass is 426 g/mol. The molecule has 1 aromatic heterocycles. The number of anilines is 2. The molecule has 32 heavy (non-hydrogen) atoms. The number of aromatic nitrogens is 2. The van der Waals surface area contributed by atoms with Crippen LogP contribution < -0.4 is 10.6 Å². The quantitative estimate of drug-likeness (QED) is 0.407. The fourth-order valence-electron chi connectivity index (χ4n) is 3.26. The second-order valence-electron chi connectivity index (χ2n) is 7.61. The van der Waals surface area contributed by atoms with Crippen molar-refractivity contribution in [1.29, 1.82) is 0 Å². The molecule has 0 aliphatic heterocycles. The number of nitrogens with one attached hydrogen (secondary N) is 2. The summed E-state index contributed by atoms with van der Waals surface area (Å²) in [4.78, 5) is 21.2. The normalized spacial score (nSPS) is 11.6. The van der Waals surface area contributed by atoms with E-state index in [2.05, 4.69) is 20.6 Å². The number of hydrogen-bond acceptors (Lipinski definition) is 4. The first-order valence-electron chi connectivity index (χ1n) is 10.3. The van der Waals surface area contributed by atoms with E-state index in [-0.39, 0.29) is 17.8 Å². The molecule has 5 nitrogen and oxygen atoms in total. The van der Waals surface area contributed by atoms with Gasteiger partial charge in [0.05, 0.1) is 6.04 Å². The van der Waals surface area contributed by atoms with Crippen molar-refractivity contribution in [3.8, 4) is 11.1 Å². The first kappa shape index (κ1) is 21.2. The van der Waals surface area contributed by atoms with Crippen LogP contribution in [0.5, 0.6) is 0 Å². The molecular formula is C26H23FN4O. The average molecular weight is 426 g/mol. The number of amides is 1. The topological polar surface area (TPSA) is 66.9 Å². The van der Waals surface area contributed by atoms with Crippen LogP contribution in [0.25, 0.3) is 11.1 Å². The zero-order valence-corrected chi connectivity index (χ0v) is 17.8. The number of carbonyl (C=O) groups excluding carboxylic acids is 1. The first-order chi connectivity index (χ1) is 15.5. The second-order valence-corrected chi connectivity index (χ2v) is 7.61. The van der Waals surface area contributed by atoms with E-state index in [1.807, 2.05) is 38.1 Å². The number of benzene rings is 3. The van der Waals surface area contributed by atoms with Crippen LogP contribution in [0, 0.1) is 12.7 Å². The maximum atomic E-state index is 13.4. The van der Waals surface area contributed by atoms with E-state index in [4.69, 9.17) is 0 Å². The lowest BCUT2D eigenvalue weighted by Crippen LogP contribution is -2.26. The molecule has 0 radical (unpaired) electrons. The van der Waals surface area contributed by atoms with Crippen LogP contribution in [0.2, 0.25) is 0 Å². The minimum absolute atomic E-state index is 0.0918. The number of carbonyl (C=O) groups is 1. The molecule has 1 unspecified atom stereocenters. The summed E-state index contributed by atoms with van der Waals surface area (Å²) in [7, 11) is 0. The standard InChI is InChI=1S/C26H23FN4O/c1-17-6-8-19(9-7-17)18(2)30-25(32)20-10-12-24(13-11-20)31-26-28-15-22(16-29-26)21-4-3-5-23(27)14-21/h3-16,18H,1-2H3,(H,30,32)(H,28,29,31). The van der Waals surface area contributed by atoms with Crippen molar-refractivity contribution >= 4 is 17.5 Å². The zero-order valence-electron chi connectivity index (χ0n) is 17.8. The van der Waals surface area contributed by atoms with E-state index in [0.29, 0.717) is 17.1 Å². The van der Waals surface area contributed by atoms with E-state index in [0.717, 1.165) is 16.8 Å². The molecule has 4 aromatic rings. The maximum absolute atomic E-state index is 13.4. The molecule has 2 N–H and O–H groups in total. The number of nitrogens with zero attached hydrogens (tertiary/aromatic N) is 2. The van der Waals surface area contributed by atoms with Crippen molar-refractivity contribution in [2.24, 2.45) is 0 Å². The maximum Gasteiger partial charge on any atom is 0.251 e. The van der Waals surface area contributed by atoms with Crippen molar-refractivity contribution < 1.29 is 9.18 Å². The Labute approximate surface area is 186 Å². The molecular weight excluding hydrogens is 403 g/mol. The first-order valence-corrected chi connectivity index (χ1v) is 10.3. The van der Waals surface area contributed by atoms with Crippen LogP contribution in [-0.2, 0) is 0 Å². The summed E-state index contributed by atoms with van der Waals surface area (Å²) in [5.74, 6) is -0.0299. The predicted octanol–water partition coefficient (Wildman–Crippen LogP) is 5.83. The Morgan fingerprint density at radius 3 is 2.25 bits per heavy atom. The molecule has 6 heteroatoms. The van der Waals surface area contributed by atoms with E-state index < -0.39 is 0 Å². The number of aryl methyl sites for hydroxylation is 1. The summed E-state index contributed by atoms with van der Waals surface area (Å²) in [5.41, 5.74) is 5.00. The molecule has 4 rings (SSSR count). The summed E-state index contributed by atoms with van der Waals surface area (Å²) >= 11 is 0. The second kappa shape index (κ2) is 9.39. The van der Waals surface area contributed by atoms with Crippen LogP contribution in [0.3, 0.4) is 0 Å². The van der Waals surface area contributed by atoms with E-state index in [1.54, 1.807) is 48.8 Å². The van der Waals surface area contributed by atoms with Gasteiger partial charge in [-0.05, 0) is 61.4 Å². The molecule has 1 amide bonds. The smallest absolute Gasteiger partial charge is 0.251 e. The van der Waals surface area contributed by atoms with E-state index in [1.165, 1.54) is 17.7 Å². The molecule has 0 saturated carbocycles. The fourth-order valence-corrected chi connectivity index (χ4v) is 3.26. The van der Waals surface area contributed by atoms with Crippen molar-refractivity contribution in [3.05, 3.63) is 108 Å². The van der Waals surface area contributed by atoms with Gasteiger partial charge in [-0.25, -0.2) is 14.4 Å². The molecule has 1 atom stereocenters. The summed E-state index contributed by atoms with van der Waals surface area (Å²) < 4.78 is 13.4. The third-order valence-corrected chi connectivity index (χ3v) is 5.14. The lowest BCUT2D eigenvalue weighted by atomic mass is 10.1. The van der Waals surface area contributed by atoms with Gasteiger partial charge >= 0.3 is 0 Å². The molecule has 0 spiro atoms. The van der Waals surface area contributed by atoms with Gasteiger partial charge in [-0.15, -0.1) is 0 Å². The fraction of sp³-hybridized carbons (Fsp3) is 0.115. The van der Waals surface area contributed by atoms with Crippen LogP contribution in [0.1, 0.15) is 34.5 Å². The Balaban J connectivity index is 1.38. The third kappa shape index (κ3) is 5.16. The van der Waals surface area contributed by atoms with E-state index in [9.17, 15) is 9.18 Å². The van der Waals surface area contributed by atoms with Crippen LogP contribution >= 0.6 is 0 Å². The zero-order chi connectivity index (χ0) is 22.5. The van der Waals surface area contributed by atoms with Gasteiger partial charge in [0, 0.05) is 29.2 Å². The Morgan fingerprint density at radius 1 is 0.906 bits per heavy atom. The van der Waals surface area contributed by atoms with Gasteiger partial charge in [0.2, 0.25) is 5.95 Å². The molecule has 0 aliphatic carbocycles. The third-order valence-electron chi connectivity index (χ3n) is 5.14. The van der Waals surface area contributed by atoms with Gasteiger partial charge in [0.15, 0.2) is 0 Å². The van der Waals surface area contributed by atoms with Gasteiger partial charge < -0.3 is 10.6 Å². The molecule has 0 bridgehead atoms. The summed E-state index contributed by atoms with van der Waals surface area (Å²) in [6.07, 6.45) is 3.27. The van der Waals surface area contributed by atoms with E-state index >= 15 is 0 Å². The Hall–Kier alpha value is -4.06. The SMILES string of the molecule is Cc1ccc(C(C)NC(=O)c2ccc(Nc3ncc(-c4cccc(F)c4)cn3)cc2)cc1. The number of rotatable bonds is 6. The van der Waals surface area contributed by atoms with Crippen LogP contribution in [-0.4, -0.2) is 15.9 Å². The van der Waals surface area contributed by atoms with Crippen molar-refractivity contribution in [3.63, 3.8) is 0 Å². The molecule has 0 aliphatic rings. The van der Waals surface area contributed by atoms with Gasteiger partial charge in [-0.1, -0.05) is 42.0 Å². The summed E-state index contributed by atoms with van der Waals surface area (Å²) in [5, 5.41) is 6.12. The molecule has 0 saturated heterocycles. The van der Waals surface area contributed by atoms with Gasteiger partial charge in [-0.2, -0.15) is 0 Å².